The Bertz CT molecular complexity index is 449. The molecule has 1 N–H and O–H groups in total. The monoisotopic (exact) mass is 226 g/mol. The lowest BCUT2D eigenvalue weighted by Gasteiger charge is -2.27. The van der Waals surface area contributed by atoms with Crippen LogP contribution in [-0.2, 0) is 12.0 Å². The van der Waals surface area contributed by atoms with Crippen LogP contribution in [0, 0.1) is 0 Å². The molecule has 0 fully saturated rings. The highest BCUT2D eigenvalue weighted by atomic mass is 16.3. The maximum atomic E-state index is 10.7. The van der Waals surface area contributed by atoms with Crippen LogP contribution in [0.25, 0.3) is 0 Å². The van der Waals surface area contributed by atoms with E-state index in [2.05, 4.69) is 12.1 Å². The molecule has 0 bridgehead atoms. The van der Waals surface area contributed by atoms with Crippen molar-refractivity contribution in [2.45, 2.75) is 25.4 Å². The molecule has 1 atom stereocenters. The molecule has 0 aliphatic carbocycles. The van der Waals surface area contributed by atoms with Crippen molar-refractivity contribution in [3.05, 3.63) is 71.8 Å². The Hall–Kier alpha value is -1.60. The fourth-order valence-corrected chi connectivity index (χ4v) is 2.11. The van der Waals surface area contributed by atoms with Gasteiger partial charge in [0.15, 0.2) is 0 Å². The van der Waals surface area contributed by atoms with Gasteiger partial charge in [0.2, 0.25) is 0 Å². The summed E-state index contributed by atoms with van der Waals surface area (Å²) in [5.74, 6) is 0. The summed E-state index contributed by atoms with van der Waals surface area (Å²) < 4.78 is 0. The van der Waals surface area contributed by atoms with Crippen LogP contribution < -0.4 is 0 Å². The molecule has 0 saturated heterocycles. The van der Waals surface area contributed by atoms with Gasteiger partial charge < -0.3 is 5.11 Å². The summed E-state index contributed by atoms with van der Waals surface area (Å²) in [4.78, 5) is 0. The van der Waals surface area contributed by atoms with Crippen LogP contribution in [0.15, 0.2) is 60.7 Å². The predicted molar refractivity (Wildman–Crippen MR) is 70.8 cm³/mol. The molecule has 17 heavy (non-hydrogen) atoms. The van der Waals surface area contributed by atoms with Crippen molar-refractivity contribution in [2.75, 3.05) is 0 Å². The van der Waals surface area contributed by atoms with Gasteiger partial charge in [-0.1, -0.05) is 67.6 Å². The average Bonchev–Trinajstić information content (AvgIpc) is 2.41. The lowest BCUT2D eigenvalue weighted by molar-refractivity contribution is 0.0327. The Morgan fingerprint density at radius 1 is 0.882 bits per heavy atom. The summed E-state index contributed by atoms with van der Waals surface area (Å²) in [6, 6.07) is 20.0. The highest BCUT2D eigenvalue weighted by Crippen LogP contribution is 2.28. The molecule has 2 rings (SSSR count). The van der Waals surface area contributed by atoms with Crippen molar-refractivity contribution in [3.8, 4) is 0 Å². The highest BCUT2D eigenvalue weighted by Gasteiger charge is 2.26. The number of aliphatic hydroxyl groups is 1. The number of hydrogen-bond donors (Lipinski definition) is 1. The fourth-order valence-electron chi connectivity index (χ4n) is 2.11. The van der Waals surface area contributed by atoms with Gasteiger partial charge in [0.25, 0.3) is 0 Å². The largest absolute Gasteiger partial charge is 0.385 e. The van der Waals surface area contributed by atoms with E-state index >= 15 is 0 Å². The molecule has 0 amide bonds. The van der Waals surface area contributed by atoms with E-state index in [0.29, 0.717) is 12.8 Å². The van der Waals surface area contributed by atoms with Crippen molar-refractivity contribution < 1.29 is 5.11 Å². The number of hydrogen-bond acceptors (Lipinski definition) is 1. The van der Waals surface area contributed by atoms with E-state index in [0.717, 1.165) is 5.56 Å². The van der Waals surface area contributed by atoms with Gasteiger partial charge in [-0.25, -0.2) is 0 Å². The quantitative estimate of drug-likeness (QED) is 0.845. The SMILES string of the molecule is CC[C@@](O)(Cc1ccccc1)c1ccccc1. The van der Waals surface area contributed by atoms with E-state index < -0.39 is 5.60 Å². The maximum absolute atomic E-state index is 10.7. The molecular formula is C16H18O. The van der Waals surface area contributed by atoms with Gasteiger partial charge in [0.1, 0.15) is 0 Å². The third-order valence-electron chi connectivity index (χ3n) is 3.24. The second kappa shape index (κ2) is 5.15. The van der Waals surface area contributed by atoms with Crippen LogP contribution in [-0.4, -0.2) is 5.11 Å². The van der Waals surface area contributed by atoms with Crippen LogP contribution in [0.2, 0.25) is 0 Å². The van der Waals surface area contributed by atoms with Gasteiger partial charge in [-0.3, -0.25) is 0 Å². The maximum Gasteiger partial charge on any atom is 0.0934 e. The molecule has 0 aromatic heterocycles. The summed E-state index contributed by atoms with van der Waals surface area (Å²) in [6.07, 6.45) is 1.38. The molecule has 0 radical (unpaired) electrons. The molecule has 0 saturated carbocycles. The Balaban J connectivity index is 2.27. The highest BCUT2D eigenvalue weighted by molar-refractivity contribution is 5.26. The molecule has 2 aromatic rings. The van der Waals surface area contributed by atoms with Crippen LogP contribution in [0.4, 0.5) is 0 Å². The molecule has 0 spiro atoms. The second-order valence-electron chi connectivity index (χ2n) is 4.41. The summed E-state index contributed by atoms with van der Waals surface area (Å²) in [7, 11) is 0. The van der Waals surface area contributed by atoms with Gasteiger partial charge in [-0.15, -0.1) is 0 Å². The van der Waals surface area contributed by atoms with Gasteiger partial charge in [-0.05, 0) is 17.5 Å². The summed E-state index contributed by atoms with van der Waals surface area (Å²) >= 11 is 0. The van der Waals surface area contributed by atoms with Gasteiger partial charge >= 0.3 is 0 Å². The molecule has 2 aromatic carbocycles. The Morgan fingerprint density at radius 3 is 1.94 bits per heavy atom. The topological polar surface area (TPSA) is 20.2 Å². The number of benzene rings is 2. The standard InChI is InChI=1S/C16H18O/c1-2-16(17,15-11-7-4-8-12-15)13-14-9-5-3-6-10-14/h3-12,17H,2,13H2,1H3/t16-/m1/s1. The van der Waals surface area contributed by atoms with Crippen molar-refractivity contribution in [2.24, 2.45) is 0 Å². The Morgan fingerprint density at radius 2 is 1.41 bits per heavy atom. The van der Waals surface area contributed by atoms with Crippen molar-refractivity contribution in [1.82, 2.24) is 0 Å². The summed E-state index contributed by atoms with van der Waals surface area (Å²) in [5.41, 5.74) is 1.40. The molecule has 88 valence electrons. The molecule has 1 heteroatoms. The first kappa shape index (κ1) is 11.9. The molecule has 0 aliphatic heterocycles. The third-order valence-corrected chi connectivity index (χ3v) is 3.24. The van der Waals surface area contributed by atoms with Crippen LogP contribution >= 0.6 is 0 Å². The summed E-state index contributed by atoms with van der Waals surface area (Å²) in [6.45, 7) is 2.02. The smallest absolute Gasteiger partial charge is 0.0934 e. The Labute approximate surface area is 103 Å². The van der Waals surface area contributed by atoms with Gasteiger partial charge in [-0.2, -0.15) is 0 Å². The molecule has 0 aliphatic rings. The first-order valence-electron chi connectivity index (χ1n) is 6.06. The first-order chi connectivity index (χ1) is 8.24. The lowest BCUT2D eigenvalue weighted by Crippen LogP contribution is -2.27. The van der Waals surface area contributed by atoms with Gasteiger partial charge in [0.05, 0.1) is 5.60 Å². The molecular weight excluding hydrogens is 208 g/mol. The minimum absolute atomic E-state index is 0.661. The van der Waals surface area contributed by atoms with E-state index in [1.807, 2.05) is 55.5 Å². The van der Waals surface area contributed by atoms with Crippen LogP contribution in [0.3, 0.4) is 0 Å². The van der Waals surface area contributed by atoms with E-state index in [9.17, 15) is 5.11 Å². The molecule has 0 heterocycles. The van der Waals surface area contributed by atoms with Crippen molar-refractivity contribution >= 4 is 0 Å². The Kier molecular flexibility index (Phi) is 3.60. The molecule has 1 nitrogen and oxygen atoms in total. The molecule has 0 unspecified atom stereocenters. The first-order valence-corrected chi connectivity index (χ1v) is 6.06. The zero-order valence-corrected chi connectivity index (χ0v) is 10.1. The number of rotatable bonds is 4. The van der Waals surface area contributed by atoms with Gasteiger partial charge in [0, 0.05) is 6.42 Å². The minimum atomic E-state index is -0.761. The fraction of sp³-hybridized carbons (Fsp3) is 0.250. The zero-order chi connectivity index (χ0) is 12.1. The predicted octanol–water partition coefficient (Wildman–Crippen LogP) is 3.53. The van der Waals surface area contributed by atoms with E-state index in [-0.39, 0.29) is 0 Å². The van der Waals surface area contributed by atoms with Crippen LogP contribution in [0.5, 0.6) is 0 Å². The van der Waals surface area contributed by atoms with E-state index in [1.54, 1.807) is 0 Å². The van der Waals surface area contributed by atoms with E-state index in [4.69, 9.17) is 0 Å². The average molecular weight is 226 g/mol. The zero-order valence-electron chi connectivity index (χ0n) is 10.1. The normalized spacial score (nSPS) is 14.2. The lowest BCUT2D eigenvalue weighted by atomic mass is 9.85. The summed E-state index contributed by atoms with van der Waals surface area (Å²) in [5, 5.41) is 10.7. The minimum Gasteiger partial charge on any atom is -0.385 e. The third kappa shape index (κ3) is 2.75. The van der Waals surface area contributed by atoms with Crippen molar-refractivity contribution in [1.29, 1.82) is 0 Å². The second-order valence-corrected chi connectivity index (χ2v) is 4.41. The van der Waals surface area contributed by atoms with E-state index in [1.165, 1.54) is 5.56 Å². The van der Waals surface area contributed by atoms with Crippen molar-refractivity contribution in [3.63, 3.8) is 0 Å². The van der Waals surface area contributed by atoms with Crippen LogP contribution in [0.1, 0.15) is 24.5 Å².